The van der Waals surface area contributed by atoms with Gasteiger partial charge in [0.15, 0.2) is 5.84 Å². The van der Waals surface area contributed by atoms with Crippen molar-refractivity contribution in [3.05, 3.63) is 84.2 Å². The highest BCUT2D eigenvalue weighted by Crippen LogP contribution is 2.27. The van der Waals surface area contributed by atoms with Crippen molar-refractivity contribution in [2.45, 2.75) is 23.8 Å². The first-order valence-electron chi connectivity index (χ1n) is 10.2. The lowest BCUT2D eigenvalue weighted by Crippen LogP contribution is -2.38. The van der Waals surface area contributed by atoms with Gasteiger partial charge in [-0.1, -0.05) is 12.1 Å². The van der Waals surface area contributed by atoms with E-state index in [-0.39, 0.29) is 10.8 Å². The summed E-state index contributed by atoms with van der Waals surface area (Å²) in [6.45, 7) is 1.46. The van der Waals surface area contributed by atoms with Crippen LogP contribution in [-0.2, 0) is 10.0 Å². The van der Waals surface area contributed by atoms with Gasteiger partial charge in [0.25, 0.3) is 15.9 Å². The number of anilines is 1. The number of likely N-dealkylation sites (tertiary alicyclic amines) is 1. The molecule has 0 saturated carbocycles. The molecule has 3 heterocycles. The van der Waals surface area contributed by atoms with Crippen LogP contribution >= 0.6 is 0 Å². The molecule has 1 N–H and O–H groups in total. The zero-order chi connectivity index (χ0) is 21.4. The van der Waals surface area contributed by atoms with Crippen molar-refractivity contribution < 1.29 is 13.2 Å². The summed E-state index contributed by atoms with van der Waals surface area (Å²) in [4.78, 5) is 15.0. The molecule has 0 unspecified atom stereocenters. The Morgan fingerprint density at radius 2 is 1.61 bits per heavy atom. The second kappa shape index (κ2) is 7.70. The number of amides is 1. The van der Waals surface area contributed by atoms with E-state index in [0.29, 0.717) is 28.7 Å². The van der Waals surface area contributed by atoms with Crippen LogP contribution < -0.4 is 5.32 Å². The van der Waals surface area contributed by atoms with E-state index < -0.39 is 10.0 Å². The van der Waals surface area contributed by atoms with E-state index in [1.165, 1.54) is 0 Å². The molecule has 31 heavy (non-hydrogen) atoms. The number of piperidine rings is 1. The Hall–Kier alpha value is -3.39. The Morgan fingerprint density at radius 3 is 2.32 bits per heavy atom. The van der Waals surface area contributed by atoms with Crippen LogP contribution in [0.5, 0.6) is 0 Å². The minimum atomic E-state index is -3.67. The maximum absolute atomic E-state index is 12.9. The highest BCUT2D eigenvalue weighted by atomic mass is 32.2. The quantitative estimate of drug-likeness (QED) is 0.684. The van der Waals surface area contributed by atoms with Gasteiger partial charge in [0.1, 0.15) is 4.90 Å². The molecular weight excluding hydrogens is 412 g/mol. The first-order chi connectivity index (χ1) is 15.0. The molecule has 0 aliphatic carbocycles. The van der Waals surface area contributed by atoms with Gasteiger partial charge in [0.05, 0.1) is 0 Å². The third-order valence-corrected chi connectivity index (χ3v) is 7.16. The van der Waals surface area contributed by atoms with E-state index in [9.17, 15) is 13.2 Å². The smallest absolute Gasteiger partial charge is 0.285 e. The zero-order valence-corrected chi connectivity index (χ0v) is 17.6. The van der Waals surface area contributed by atoms with Gasteiger partial charge in [-0.2, -0.15) is 8.42 Å². The first-order valence-corrected chi connectivity index (χ1v) is 11.7. The van der Waals surface area contributed by atoms with Gasteiger partial charge in [0.2, 0.25) is 0 Å². The number of hydrogen-bond acceptors (Lipinski definition) is 4. The first kappa shape index (κ1) is 19.6. The average Bonchev–Trinajstić information content (AvgIpc) is 3.41. The van der Waals surface area contributed by atoms with Crippen molar-refractivity contribution >= 4 is 27.5 Å². The molecule has 1 amide bonds. The van der Waals surface area contributed by atoms with E-state index in [1.807, 2.05) is 17.0 Å². The Morgan fingerprint density at radius 1 is 0.935 bits per heavy atom. The molecule has 2 aliphatic heterocycles. The molecule has 2 aliphatic rings. The monoisotopic (exact) mass is 434 g/mol. The number of fused-ring (bicyclic) bond motifs is 1. The maximum atomic E-state index is 12.9. The Kier molecular flexibility index (Phi) is 4.86. The number of sulfonamides is 1. The molecule has 1 fully saturated rings. The summed E-state index contributed by atoms with van der Waals surface area (Å²) in [5, 5.41) is 3.06. The van der Waals surface area contributed by atoms with E-state index >= 15 is 0 Å². The summed E-state index contributed by atoms with van der Waals surface area (Å²) < 4.78 is 30.4. The van der Waals surface area contributed by atoms with Crippen LogP contribution in [0.4, 0.5) is 5.69 Å². The average molecular weight is 435 g/mol. The number of carbonyl (C=O) groups is 1. The van der Waals surface area contributed by atoms with Gasteiger partial charge in [0, 0.05) is 48.3 Å². The molecule has 0 atom stereocenters. The largest absolute Gasteiger partial charge is 0.351 e. The second-order valence-electron chi connectivity index (χ2n) is 7.77. The van der Waals surface area contributed by atoms with E-state index in [4.69, 9.17) is 0 Å². The zero-order valence-electron chi connectivity index (χ0n) is 16.8. The van der Waals surface area contributed by atoms with Gasteiger partial charge in [-0.25, -0.2) is 0 Å². The van der Waals surface area contributed by atoms with Crippen LogP contribution in [0.2, 0.25) is 0 Å². The fourth-order valence-electron chi connectivity index (χ4n) is 4.17. The minimum absolute atomic E-state index is 0.0173. The summed E-state index contributed by atoms with van der Waals surface area (Å²) in [6.07, 6.45) is 6.03. The lowest BCUT2D eigenvalue weighted by molar-refractivity contribution is 0.0694. The van der Waals surface area contributed by atoms with Crippen LogP contribution in [0.1, 0.15) is 34.8 Å². The van der Waals surface area contributed by atoms with Crippen molar-refractivity contribution in [3.63, 3.8) is 0 Å². The predicted octanol–water partition coefficient (Wildman–Crippen LogP) is 3.53. The third kappa shape index (κ3) is 3.74. The van der Waals surface area contributed by atoms with Gasteiger partial charge >= 0.3 is 0 Å². The Balaban J connectivity index is 1.25. The fourth-order valence-corrected chi connectivity index (χ4v) is 5.35. The normalized spacial score (nSPS) is 17.8. The lowest BCUT2D eigenvalue weighted by atomic mass is 10.0. The molecule has 0 spiro atoms. The summed E-state index contributed by atoms with van der Waals surface area (Å²) >= 11 is 0. The van der Waals surface area contributed by atoms with Crippen molar-refractivity contribution in [1.82, 2.24) is 9.47 Å². The molecule has 158 valence electrons. The molecule has 5 rings (SSSR count). The molecule has 0 bridgehead atoms. The Bertz CT molecular complexity index is 1240. The number of amidine groups is 1. The SMILES string of the molecule is O=C(c1ccc(NC2=NS(=O)(=O)c3ccccc32)cc1)N1CCC(n2cccc2)CC1. The topological polar surface area (TPSA) is 83.8 Å². The third-order valence-electron chi connectivity index (χ3n) is 5.83. The molecular formula is C23H22N4O3S. The van der Waals surface area contributed by atoms with Gasteiger partial charge < -0.3 is 14.8 Å². The van der Waals surface area contributed by atoms with Crippen molar-refractivity contribution in [2.75, 3.05) is 18.4 Å². The number of nitrogens with one attached hydrogen (secondary N) is 1. The Labute approximate surface area is 181 Å². The number of nitrogens with zero attached hydrogens (tertiary/aromatic N) is 3. The highest BCUT2D eigenvalue weighted by molar-refractivity contribution is 7.90. The van der Waals surface area contributed by atoms with E-state index in [2.05, 4.69) is 26.7 Å². The van der Waals surface area contributed by atoms with Crippen molar-refractivity contribution in [1.29, 1.82) is 0 Å². The summed E-state index contributed by atoms with van der Waals surface area (Å²) in [5.41, 5.74) is 1.84. The molecule has 0 radical (unpaired) electrons. The predicted molar refractivity (Wildman–Crippen MR) is 119 cm³/mol. The fraction of sp³-hybridized carbons (Fsp3) is 0.217. The standard InChI is InChI=1S/C23H22N4O3S/c28-23(27-15-11-19(12-16-27)26-13-3-4-14-26)17-7-9-18(10-8-17)24-22-20-5-1-2-6-21(20)31(29,30)25-22/h1-10,13-14,19H,11-12,15-16H2,(H,24,25). The second-order valence-corrected chi connectivity index (χ2v) is 9.34. The lowest BCUT2D eigenvalue weighted by Gasteiger charge is -2.32. The van der Waals surface area contributed by atoms with Crippen LogP contribution in [0.15, 0.2) is 82.4 Å². The number of hydrogen-bond donors (Lipinski definition) is 1. The summed E-state index contributed by atoms with van der Waals surface area (Å²) in [6, 6.07) is 18.3. The molecule has 2 aromatic carbocycles. The van der Waals surface area contributed by atoms with Crippen molar-refractivity contribution in [3.8, 4) is 0 Å². The number of benzene rings is 2. The van der Waals surface area contributed by atoms with Crippen molar-refractivity contribution in [2.24, 2.45) is 4.40 Å². The molecule has 8 heteroatoms. The van der Waals surface area contributed by atoms with Gasteiger partial charge in [-0.3, -0.25) is 4.79 Å². The number of carbonyl (C=O) groups excluding carboxylic acids is 1. The molecule has 7 nitrogen and oxygen atoms in total. The van der Waals surface area contributed by atoms with Crippen LogP contribution in [0.25, 0.3) is 0 Å². The van der Waals surface area contributed by atoms with E-state index in [1.54, 1.807) is 48.5 Å². The van der Waals surface area contributed by atoms with Crippen LogP contribution in [0, 0.1) is 0 Å². The number of rotatable bonds is 3. The minimum Gasteiger partial charge on any atom is -0.351 e. The molecule has 1 saturated heterocycles. The molecule has 1 aromatic heterocycles. The van der Waals surface area contributed by atoms with E-state index in [0.717, 1.165) is 25.9 Å². The summed E-state index contributed by atoms with van der Waals surface area (Å²) in [5.74, 6) is 0.311. The van der Waals surface area contributed by atoms with Crippen LogP contribution in [0.3, 0.4) is 0 Å². The molecule has 3 aromatic rings. The highest BCUT2D eigenvalue weighted by Gasteiger charge is 2.28. The summed E-state index contributed by atoms with van der Waals surface area (Å²) in [7, 11) is -3.67. The van der Waals surface area contributed by atoms with Gasteiger partial charge in [-0.05, 0) is 61.4 Å². The maximum Gasteiger partial charge on any atom is 0.285 e. The number of aromatic nitrogens is 1. The van der Waals surface area contributed by atoms with Crippen LogP contribution in [-0.4, -0.2) is 42.7 Å². The van der Waals surface area contributed by atoms with Gasteiger partial charge in [-0.15, -0.1) is 4.40 Å².